The Morgan fingerprint density at radius 1 is 1.15 bits per heavy atom. The highest BCUT2D eigenvalue weighted by atomic mass is 16.5. The minimum absolute atomic E-state index is 0.0268. The van der Waals surface area contributed by atoms with E-state index in [9.17, 15) is 9.59 Å². The number of rotatable bonds is 10. The number of esters is 2. The van der Waals surface area contributed by atoms with E-state index < -0.39 is 12.0 Å². The van der Waals surface area contributed by atoms with Crippen LogP contribution in [-0.4, -0.2) is 49.3 Å². The van der Waals surface area contributed by atoms with E-state index in [1.165, 1.54) is 4.90 Å². The van der Waals surface area contributed by atoms with E-state index in [4.69, 9.17) is 16.0 Å². The van der Waals surface area contributed by atoms with Crippen molar-refractivity contribution < 1.29 is 19.1 Å². The molecule has 0 saturated heterocycles. The van der Waals surface area contributed by atoms with Crippen LogP contribution in [0.25, 0.3) is 4.85 Å². The summed E-state index contributed by atoms with van der Waals surface area (Å²) in [4.78, 5) is 28.3. The Bertz CT molecular complexity index is 339. The molecule has 0 aromatic heterocycles. The van der Waals surface area contributed by atoms with Crippen molar-refractivity contribution in [2.24, 2.45) is 0 Å². The molecule has 0 N–H and O–H groups in total. The molecule has 1 atom stereocenters. The number of hydrogen-bond donors (Lipinski definition) is 0. The van der Waals surface area contributed by atoms with Crippen LogP contribution >= 0.6 is 0 Å². The maximum absolute atomic E-state index is 11.9. The number of ether oxygens (including phenoxy) is 2. The summed E-state index contributed by atoms with van der Waals surface area (Å²) < 4.78 is 10.1. The molecular weight excluding hydrogens is 260 g/mol. The summed E-state index contributed by atoms with van der Waals surface area (Å²) in [5.41, 5.74) is 0. The number of nitrogens with zero attached hydrogens (tertiary/aromatic N) is 2. The summed E-state index contributed by atoms with van der Waals surface area (Å²) in [6.45, 7) is 13.2. The molecular formula is C14H24N2O4. The first-order valence-corrected chi connectivity index (χ1v) is 7.00. The summed E-state index contributed by atoms with van der Waals surface area (Å²) >= 11 is 0. The monoisotopic (exact) mass is 284 g/mol. The van der Waals surface area contributed by atoms with Crippen molar-refractivity contribution in [2.45, 2.75) is 46.1 Å². The van der Waals surface area contributed by atoms with Gasteiger partial charge in [-0.2, -0.15) is 0 Å². The van der Waals surface area contributed by atoms with Gasteiger partial charge in [0.05, 0.1) is 13.2 Å². The molecule has 0 fully saturated rings. The standard InChI is InChI=1S/C14H24N2O4/c1-5-8-19-13(17)10-16(11-15-4)12(7-3)14(18)20-9-6-2/h12H,5-11H2,1-3H3. The maximum Gasteiger partial charge on any atom is 0.323 e. The average molecular weight is 284 g/mol. The van der Waals surface area contributed by atoms with Crippen LogP contribution in [-0.2, 0) is 19.1 Å². The van der Waals surface area contributed by atoms with Gasteiger partial charge in [-0.05, 0) is 19.3 Å². The largest absolute Gasteiger partial charge is 0.465 e. The molecule has 20 heavy (non-hydrogen) atoms. The van der Waals surface area contributed by atoms with Crippen molar-refractivity contribution >= 4 is 11.9 Å². The van der Waals surface area contributed by atoms with Gasteiger partial charge in [0.2, 0.25) is 0 Å². The number of carbonyl (C=O) groups excluding carboxylic acids is 2. The third-order valence-electron chi connectivity index (χ3n) is 2.60. The van der Waals surface area contributed by atoms with E-state index in [1.807, 2.05) is 20.8 Å². The van der Waals surface area contributed by atoms with E-state index in [1.54, 1.807) is 0 Å². The molecule has 0 radical (unpaired) electrons. The zero-order chi connectivity index (χ0) is 15.4. The first-order chi connectivity index (χ1) is 9.60. The Morgan fingerprint density at radius 3 is 2.25 bits per heavy atom. The number of carbonyl (C=O) groups is 2. The SMILES string of the molecule is [C-]#[N+]CN(CC(=O)OCCC)C(CC)C(=O)OCCC. The first-order valence-electron chi connectivity index (χ1n) is 7.00. The van der Waals surface area contributed by atoms with Gasteiger partial charge in [0.15, 0.2) is 0 Å². The highest BCUT2D eigenvalue weighted by Crippen LogP contribution is 2.08. The Kier molecular flexibility index (Phi) is 10.3. The first kappa shape index (κ1) is 18.4. The molecule has 1 unspecified atom stereocenters. The summed E-state index contributed by atoms with van der Waals surface area (Å²) in [5, 5.41) is 0. The smallest absolute Gasteiger partial charge is 0.323 e. The molecule has 0 amide bonds. The maximum atomic E-state index is 11.9. The topological polar surface area (TPSA) is 60.2 Å². The van der Waals surface area contributed by atoms with Gasteiger partial charge in [-0.1, -0.05) is 20.8 Å². The fourth-order valence-corrected chi connectivity index (χ4v) is 1.65. The highest BCUT2D eigenvalue weighted by Gasteiger charge is 2.29. The molecule has 6 heteroatoms. The van der Waals surface area contributed by atoms with Crippen molar-refractivity contribution in [3.05, 3.63) is 11.4 Å². The molecule has 0 saturated carbocycles. The van der Waals surface area contributed by atoms with Crippen LogP contribution < -0.4 is 0 Å². The van der Waals surface area contributed by atoms with Crippen molar-refractivity contribution in [3.63, 3.8) is 0 Å². The van der Waals surface area contributed by atoms with Crippen LogP contribution in [0.3, 0.4) is 0 Å². The van der Waals surface area contributed by atoms with Gasteiger partial charge in [-0.25, -0.2) is 11.5 Å². The van der Waals surface area contributed by atoms with Crippen LogP contribution in [0.15, 0.2) is 0 Å². The van der Waals surface area contributed by atoms with Crippen molar-refractivity contribution in [2.75, 3.05) is 26.4 Å². The Labute approximate surface area is 120 Å². The van der Waals surface area contributed by atoms with Crippen LogP contribution in [0.1, 0.15) is 40.0 Å². The lowest BCUT2D eigenvalue weighted by molar-refractivity contribution is -0.153. The van der Waals surface area contributed by atoms with E-state index >= 15 is 0 Å². The molecule has 0 aliphatic heterocycles. The Morgan fingerprint density at radius 2 is 1.75 bits per heavy atom. The molecule has 0 rings (SSSR count). The van der Waals surface area contributed by atoms with Gasteiger partial charge in [0, 0.05) is 0 Å². The molecule has 6 nitrogen and oxygen atoms in total. The normalized spacial score (nSPS) is 11.8. The van der Waals surface area contributed by atoms with Gasteiger partial charge >= 0.3 is 11.9 Å². The predicted molar refractivity (Wildman–Crippen MR) is 74.8 cm³/mol. The summed E-state index contributed by atoms with van der Waals surface area (Å²) in [6.07, 6.45) is 1.97. The van der Waals surface area contributed by atoms with Gasteiger partial charge in [-0.3, -0.25) is 14.4 Å². The van der Waals surface area contributed by atoms with Gasteiger partial charge in [0.25, 0.3) is 6.67 Å². The van der Waals surface area contributed by atoms with Crippen molar-refractivity contribution in [1.82, 2.24) is 4.90 Å². The van der Waals surface area contributed by atoms with E-state index in [0.717, 1.165) is 12.8 Å². The molecule has 0 spiro atoms. The van der Waals surface area contributed by atoms with E-state index in [0.29, 0.717) is 19.6 Å². The third-order valence-corrected chi connectivity index (χ3v) is 2.60. The molecule has 0 aliphatic rings. The van der Waals surface area contributed by atoms with Crippen LogP contribution in [0, 0.1) is 6.57 Å². The zero-order valence-electron chi connectivity index (χ0n) is 12.6. The lowest BCUT2D eigenvalue weighted by Gasteiger charge is -2.24. The fraction of sp³-hybridized carbons (Fsp3) is 0.786. The quantitative estimate of drug-likeness (QED) is 0.452. The minimum atomic E-state index is -0.579. The van der Waals surface area contributed by atoms with Gasteiger partial charge in [-0.15, -0.1) is 0 Å². The molecule has 0 heterocycles. The van der Waals surface area contributed by atoms with Crippen molar-refractivity contribution in [3.8, 4) is 0 Å². The van der Waals surface area contributed by atoms with E-state index in [2.05, 4.69) is 4.85 Å². The number of hydrogen-bond acceptors (Lipinski definition) is 5. The van der Waals surface area contributed by atoms with Crippen molar-refractivity contribution in [1.29, 1.82) is 0 Å². The van der Waals surface area contributed by atoms with E-state index in [-0.39, 0.29) is 19.2 Å². The second kappa shape index (κ2) is 11.2. The molecule has 0 aromatic rings. The molecule has 0 bridgehead atoms. The second-order valence-electron chi connectivity index (χ2n) is 4.36. The van der Waals surface area contributed by atoms with Gasteiger partial charge in [0.1, 0.15) is 12.6 Å². The lowest BCUT2D eigenvalue weighted by atomic mass is 10.2. The minimum Gasteiger partial charge on any atom is -0.465 e. The zero-order valence-corrected chi connectivity index (χ0v) is 12.6. The van der Waals surface area contributed by atoms with Crippen LogP contribution in [0.4, 0.5) is 0 Å². The Hall–Kier alpha value is -1.61. The fourth-order valence-electron chi connectivity index (χ4n) is 1.65. The summed E-state index contributed by atoms with van der Waals surface area (Å²) in [5.74, 6) is -0.807. The highest BCUT2D eigenvalue weighted by molar-refractivity contribution is 5.77. The summed E-state index contributed by atoms with van der Waals surface area (Å²) in [6, 6.07) is -0.579. The predicted octanol–water partition coefficient (Wildman–Crippen LogP) is 1.85. The molecule has 0 aromatic carbocycles. The molecule has 0 aliphatic carbocycles. The Balaban J connectivity index is 4.62. The van der Waals surface area contributed by atoms with Crippen LogP contribution in [0.5, 0.6) is 0 Å². The lowest BCUT2D eigenvalue weighted by Crippen LogP contribution is -2.44. The summed E-state index contributed by atoms with van der Waals surface area (Å²) in [7, 11) is 0. The van der Waals surface area contributed by atoms with Crippen LogP contribution in [0.2, 0.25) is 0 Å². The second-order valence-corrected chi connectivity index (χ2v) is 4.36. The van der Waals surface area contributed by atoms with Gasteiger partial charge < -0.3 is 9.47 Å². The molecule has 114 valence electrons. The average Bonchev–Trinajstić information content (AvgIpc) is 2.43. The third kappa shape index (κ3) is 7.10.